The van der Waals surface area contributed by atoms with Crippen LogP contribution in [0.5, 0.6) is 0 Å². The Balaban J connectivity index is 1.56. The van der Waals surface area contributed by atoms with Crippen LogP contribution in [0.15, 0.2) is 34.8 Å². The van der Waals surface area contributed by atoms with Crippen molar-refractivity contribution in [3.05, 3.63) is 41.7 Å². The van der Waals surface area contributed by atoms with E-state index in [2.05, 4.69) is 42.2 Å². The molecular formula is C22H29NO. The monoisotopic (exact) mass is 323 g/mol. The molecule has 0 spiro atoms. The van der Waals surface area contributed by atoms with Crippen molar-refractivity contribution in [2.45, 2.75) is 64.3 Å². The lowest BCUT2D eigenvalue weighted by molar-refractivity contribution is 0.266. The third-order valence-electron chi connectivity index (χ3n) is 5.82. The summed E-state index contributed by atoms with van der Waals surface area (Å²) in [7, 11) is 0. The molecular weight excluding hydrogens is 294 g/mol. The van der Waals surface area contributed by atoms with Crippen molar-refractivity contribution >= 4 is 16.5 Å². The lowest BCUT2D eigenvalue weighted by Gasteiger charge is -2.19. The summed E-state index contributed by atoms with van der Waals surface area (Å²) in [6.45, 7) is 4.72. The van der Waals surface area contributed by atoms with E-state index in [9.17, 15) is 0 Å². The smallest absolute Gasteiger partial charge is 0.141 e. The molecule has 2 aromatic rings. The second-order valence-electron chi connectivity index (χ2n) is 7.54. The van der Waals surface area contributed by atoms with Crippen molar-refractivity contribution in [1.82, 2.24) is 4.90 Å². The van der Waals surface area contributed by atoms with Crippen LogP contribution < -0.4 is 0 Å². The molecule has 1 aromatic carbocycles. The van der Waals surface area contributed by atoms with E-state index in [1.807, 2.05) is 0 Å². The van der Waals surface area contributed by atoms with Gasteiger partial charge in [-0.05, 0) is 63.6 Å². The van der Waals surface area contributed by atoms with Gasteiger partial charge in [-0.1, -0.05) is 30.7 Å². The number of allylic oxidation sites excluding steroid dienone is 2. The Morgan fingerprint density at radius 3 is 3.00 bits per heavy atom. The predicted octanol–water partition coefficient (Wildman–Crippen LogP) is 5.81. The molecule has 2 nitrogen and oxygen atoms in total. The summed E-state index contributed by atoms with van der Waals surface area (Å²) in [5, 5.41) is 1.27. The van der Waals surface area contributed by atoms with E-state index in [0.29, 0.717) is 0 Å². The maximum atomic E-state index is 6.32. The number of furan rings is 1. The lowest BCUT2D eigenvalue weighted by Crippen LogP contribution is -2.28. The highest BCUT2D eigenvalue weighted by atomic mass is 16.3. The van der Waals surface area contributed by atoms with Crippen LogP contribution in [-0.4, -0.2) is 24.0 Å². The molecule has 1 aromatic heterocycles. The van der Waals surface area contributed by atoms with Crippen LogP contribution in [0.3, 0.4) is 0 Å². The van der Waals surface area contributed by atoms with Crippen molar-refractivity contribution in [2.75, 3.05) is 13.1 Å². The summed E-state index contributed by atoms with van der Waals surface area (Å²) in [6, 6.07) is 9.62. The minimum absolute atomic E-state index is 0.737. The van der Waals surface area contributed by atoms with Gasteiger partial charge >= 0.3 is 0 Å². The van der Waals surface area contributed by atoms with Gasteiger partial charge in [-0.3, -0.25) is 0 Å². The minimum Gasteiger partial charge on any atom is -0.460 e. The molecule has 0 radical (unpaired) electrons. The Morgan fingerprint density at radius 1 is 1.17 bits per heavy atom. The van der Waals surface area contributed by atoms with Gasteiger partial charge in [0.25, 0.3) is 0 Å². The summed E-state index contributed by atoms with van der Waals surface area (Å²) < 4.78 is 6.32. The third kappa shape index (κ3) is 3.30. The maximum absolute atomic E-state index is 6.32. The van der Waals surface area contributed by atoms with Crippen LogP contribution in [0.25, 0.3) is 16.5 Å². The first-order valence-electron chi connectivity index (χ1n) is 9.76. The molecule has 24 heavy (non-hydrogen) atoms. The number of nitrogens with zero attached hydrogens (tertiary/aromatic N) is 1. The number of benzene rings is 1. The lowest BCUT2D eigenvalue weighted by atomic mass is 9.99. The number of fused-ring (bicyclic) bond motifs is 1. The summed E-state index contributed by atoms with van der Waals surface area (Å²) in [4.78, 5) is 2.60. The number of para-hydroxylation sites is 1. The molecule has 1 aliphatic carbocycles. The summed E-state index contributed by atoms with van der Waals surface area (Å²) in [5.74, 6) is 1.14. The van der Waals surface area contributed by atoms with Gasteiger partial charge in [-0.2, -0.15) is 0 Å². The largest absolute Gasteiger partial charge is 0.460 e. The zero-order valence-electron chi connectivity index (χ0n) is 14.9. The average Bonchev–Trinajstić information content (AvgIpc) is 3.09. The van der Waals surface area contributed by atoms with Gasteiger partial charge < -0.3 is 9.32 Å². The van der Waals surface area contributed by atoms with E-state index < -0.39 is 0 Å². The normalized spacial score (nSPS) is 22.7. The molecule has 2 heterocycles. The highest BCUT2D eigenvalue weighted by Gasteiger charge is 2.20. The highest BCUT2D eigenvalue weighted by molar-refractivity contribution is 5.90. The van der Waals surface area contributed by atoms with Crippen molar-refractivity contribution in [1.29, 1.82) is 0 Å². The van der Waals surface area contributed by atoms with Crippen molar-refractivity contribution in [3.8, 4) is 0 Å². The molecule has 2 heteroatoms. The van der Waals surface area contributed by atoms with E-state index >= 15 is 0 Å². The molecule has 1 saturated heterocycles. The Bertz CT molecular complexity index is 727. The SMILES string of the molecule is C[C@@H]1CCCN1CCc1cc2cccc(C3=CCCCCC3)c2o1. The molecule has 1 fully saturated rings. The third-order valence-corrected chi connectivity index (χ3v) is 5.82. The fourth-order valence-electron chi connectivity index (χ4n) is 4.33. The Hall–Kier alpha value is -1.54. The molecule has 0 saturated carbocycles. The quantitative estimate of drug-likeness (QED) is 0.706. The van der Waals surface area contributed by atoms with E-state index in [-0.39, 0.29) is 0 Å². The van der Waals surface area contributed by atoms with Crippen molar-refractivity contribution in [2.24, 2.45) is 0 Å². The maximum Gasteiger partial charge on any atom is 0.141 e. The molecule has 0 bridgehead atoms. The van der Waals surface area contributed by atoms with Crippen LogP contribution in [0.2, 0.25) is 0 Å². The van der Waals surface area contributed by atoms with Gasteiger partial charge in [0, 0.05) is 30.0 Å². The van der Waals surface area contributed by atoms with Gasteiger partial charge in [0.15, 0.2) is 0 Å². The molecule has 4 rings (SSSR count). The van der Waals surface area contributed by atoms with Crippen LogP contribution in [0.4, 0.5) is 0 Å². The minimum atomic E-state index is 0.737. The summed E-state index contributed by atoms with van der Waals surface area (Å²) in [5.41, 5.74) is 3.93. The molecule has 1 aliphatic heterocycles. The standard InChI is InChI=1S/C22H29NO/c1-17-8-7-14-23(17)15-13-20-16-19-11-6-12-21(22(19)24-20)18-9-4-2-3-5-10-18/h6,9,11-12,16-17H,2-5,7-8,10,13-15H2,1H3/t17-/m1/s1. The van der Waals surface area contributed by atoms with Gasteiger partial charge in [0.2, 0.25) is 0 Å². The van der Waals surface area contributed by atoms with Crippen LogP contribution in [0.1, 0.15) is 63.2 Å². The number of likely N-dealkylation sites (tertiary alicyclic amines) is 1. The van der Waals surface area contributed by atoms with Gasteiger partial charge in [-0.15, -0.1) is 0 Å². The van der Waals surface area contributed by atoms with E-state index in [1.165, 1.54) is 68.0 Å². The fraction of sp³-hybridized carbons (Fsp3) is 0.545. The molecule has 1 atom stereocenters. The summed E-state index contributed by atoms with van der Waals surface area (Å²) >= 11 is 0. The topological polar surface area (TPSA) is 16.4 Å². The zero-order valence-corrected chi connectivity index (χ0v) is 14.9. The van der Waals surface area contributed by atoms with Crippen LogP contribution in [-0.2, 0) is 6.42 Å². The predicted molar refractivity (Wildman–Crippen MR) is 101 cm³/mol. The fourth-order valence-corrected chi connectivity index (χ4v) is 4.33. The first-order valence-corrected chi connectivity index (χ1v) is 9.76. The second kappa shape index (κ2) is 7.14. The molecule has 0 unspecified atom stereocenters. The second-order valence-corrected chi connectivity index (χ2v) is 7.54. The Labute approximate surface area is 145 Å². The Kier molecular flexibility index (Phi) is 4.75. The highest BCUT2D eigenvalue weighted by Crippen LogP contribution is 2.33. The zero-order chi connectivity index (χ0) is 16.4. The van der Waals surface area contributed by atoms with Crippen LogP contribution in [0, 0.1) is 0 Å². The molecule has 0 N–H and O–H groups in total. The van der Waals surface area contributed by atoms with Gasteiger partial charge in [0.05, 0.1) is 0 Å². The van der Waals surface area contributed by atoms with Gasteiger partial charge in [0.1, 0.15) is 11.3 Å². The number of hydrogen-bond acceptors (Lipinski definition) is 2. The van der Waals surface area contributed by atoms with E-state index in [4.69, 9.17) is 4.42 Å². The van der Waals surface area contributed by atoms with E-state index in [1.54, 1.807) is 0 Å². The van der Waals surface area contributed by atoms with Crippen molar-refractivity contribution < 1.29 is 4.42 Å². The summed E-state index contributed by atoms with van der Waals surface area (Å²) in [6.07, 6.45) is 12.6. The first-order chi connectivity index (χ1) is 11.8. The molecule has 128 valence electrons. The molecule has 2 aliphatic rings. The van der Waals surface area contributed by atoms with Gasteiger partial charge in [-0.25, -0.2) is 0 Å². The first kappa shape index (κ1) is 16.0. The molecule has 0 amide bonds. The Morgan fingerprint density at radius 2 is 2.12 bits per heavy atom. The number of rotatable bonds is 4. The number of hydrogen-bond donors (Lipinski definition) is 0. The average molecular weight is 323 g/mol. The van der Waals surface area contributed by atoms with E-state index in [0.717, 1.165) is 30.4 Å². The van der Waals surface area contributed by atoms with Crippen LogP contribution >= 0.6 is 0 Å². The van der Waals surface area contributed by atoms with Crippen molar-refractivity contribution in [3.63, 3.8) is 0 Å².